The van der Waals surface area contributed by atoms with Crippen LogP contribution < -0.4 is 5.32 Å². The minimum Gasteiger partial charge on any atom is -0.481 e. The molecule has 1 atom stereocenters. The molecule has 0 aliphatic carbocycles. The zero-order chi connectivity index (χ0) is 14.4. The summed E-state index contributed by atoms with van der Waals surface area (Å²) in [5, 5.41) is 20.5. The zero-order valence-electron chi connectivity index (χ0n) is 10.4. The van der Waals surface area contributed by atoms with Gasteiger partial charge in [-0.2, -0.15) is 5.26 Å². The topological polar surface area (TPSA) is 73.1 Å². The number of nitrogens with zero attached hydrogens (tertiary/aromatic N) is 1. The van der Waals surface area contributed by atoms with E-state index >= 15 is 0 Å². The summed E-state index contributed by atoms with van der Waals surface area (Å²) in [7, 11) is 0. The van der Waals surface area contributed by atoms with Crippen LogP contribution >= 0.6 is 15.9 Å². The van der Waals surface area contributed by atoms with Crippen LogP contribution in [0.4, 0.5) is 10.1 Å². The summed E-state index contributed by atoms with van der Waals surface area (Å²) in [6, 6.07) is 4.46. The maximum Gasteiger partial charge on any atom is 0.305 e. The summed E-state index contributed by atoms with van der Waals surface area (Å²) < 4.78 is 14.1. The molecule has 1 aromatic carbocycles. The lowest BCUT2D eigenvalue weighted by atomic mass is 10.1. The Labute approximate surface area is 119 Å². The third-order valence-corrected chi connectivity index (χ3v) is 3.40. The number of halogens is 2. The number of aliphatic carboxylic acids is 1. The second-order valence-corrected chi connectivity index (χ2v) is 4.92. The third kappa shape index (κ3) is 4.21. The van der Waals surface area contributed by atoms with Crippen molar-refractivity contribution in [3.63, 3.8) is 0 Å². The van der Waals surface area contributed by atoms with Gasteiger partial charge >= 0.3 is 5.97 Å². The number of rotatable bonds is 6. The number of carboxylic acid groups (broad SMARTS) is 1. The fraction of sp³-hybridized carbons (Fsp3) is 0.385. The van der Waals surface area contributed by atoms with Crippen molar-refractivity contribution < 1.29 is 14.3 Å². The van der Waals surface area contributed by atoms with Gasteiger partial charge in [-0.1, -0.05) is 13.3 Å². The lowest BCUT2D eigenvalue weighted by Crippen LogP contribution is -2.23. The van der Waals surface area contributed by atoms with Gasteiger partial charge in [0.15, 0.2) is 5.82 Å². The van der Waals surface area contributed by atoms with Crippen molar-refractivity contribution in [2.75, 3.05) is 5.32 Å². The smallest absolute Gasteiger partial charge is 0.305 e. The number of anilines is 1. The Morgan fingerprint density at radius 1 is 1.63 bits per heavy atom. The van der Waals surface area contributed by atoms with E-state index in [2.05, 4.69) is 21.2 Å². The maximum atomic E-state index is 14.0. The summed E-state index contributed by atoms with van der Waals surface area (Å²) in [6.45, 7) is 1.93. The number of hydrogen-bond acceptors (Lipinski definition) is 3. The monoisotopic (exact) mass is 328 g/mol. The molecule has 0 fully saturated rings. The van der Waals surface area contributed by atoms with E-state index in [0.29, 0.717) is 6.42 Å². The lowest BCUT2D eigenvalue weighted by Gasteiger charge is -2.18. The molecule has 2 N–H and O–H groups in total. The molecule has 0 spiro atoms. The Balaban J connectivity index is 2.94. The molecule has 1 unspecified atom stereocenters. The maximum absolute atomic E-state index is 14.0. The van der Waals surface area contributed by atoms with Gasteiger partial charge in [0.1, 0.15) is 6.07 Å². The van der Waals surface area contributed by atoms with Crippen molar-refractivity contribution in [2.45, 2.75) is 32.2 Å². The van der Waals surface area contributed by atoms with E-state index in [-0.39, 0.29) is 28.2 Å². The van der Waals surface area contributed by atoms with Crippen LogP contribution in [0.3, 0.4) is 0 Å². The molecule has 1 aromatic rings. The van der Waals surface area contributed by atoms with Crippen molar-refractivity contribution in [3.05, 3.63) is 28.0 Å². The van der Waals surface area contributed by atoms with Gasteiger partial charge in [-0.15, -0.1) is 0 Å². The molecule has 4 nitrogen and oxygen atoms in total. The third-order valence-electron chi connectivity index (χ3n) is 2.62. The number of nitriles is 1. The highest BCUT2D eigenvalue weighted by Gasteiger charge is 2.16. The number of carboxylic acids is 1. The predicted molar refractivity (Wildman–Crippen MR) is 73.4 cm³/mol. The van der Waals surface area contributed by atoms with E-state index in [1.165, 1.54) is 12.1 Å². The van der Waals surface area contributed by atoms with Crippen LogP contribution in [0, 0.1) is 17.1 Å². The quantitative estimate of drug-likeness (QED) is 0.838. The standard InChI is InChI=1S/C13H14BrFN2O2/c1-2-3-9(6-11(18)19)17-10-5-4-8(7-16)12(14)13(10)15/h4-5,9,17H,2-3,6H2,1H3,(H,18,19). The van der Waals surface area contributed by atoms with Gasteiger partial charge in [0.2, 0.25) is 0 Å². The van der Waals surface area contributed by atoms with Gasteiger partial charge in [-0.25, -0.2) is 4.39 Å². The van der Waals surface area contributed by atoms with Gasteiger partial charge < -0.3 is 10.4 Å². The highest BCUT2D eigenvalue weighted by Crippen LogP contribution is 2.27. The molecule has 0 aromatic heterocycles. The molecule has 19 heavy (non-hydrogen) atoms. The highest BCUT2D eigenvalue weighted by molar-refractivity contribution is 9.10. The van der Waals surface area contributed by atoms with Crippen molar-refractivity contribution in [3.8, 4) is 6.07 Å². The molecule has 0 saturated carbocycles. The number of carbonyl (C=O) groups is 1. The van der Waals surface area contributed by atoms with Gasteiger partial charge in [0.05, 0.1) is 22.1 Å². The van der Waals surface area contributed by atoms with Crippen LogP contribution in [0.5, 0.6) is 0 Å². The van der Waals surface area contributed by atoms with Crippen LogP contribution in [-0.2, 0) is 4.79 Å². The molecular formula is C13H14BrFN2O2. The number of hydrogen-bond donors (Lipinski definition) is 2. The summed E-state index contributed by atoms with van der Waals surface area (Å²) in [6.07, 6.45) is 1.35. The Bertz CT molecular complexity index is 514. The van der Waals surface area contributed by atoms with E-state index in [1.54, 1.807) is 0 Å². The minimum absolute atomic E-state index is 0.0785. The van der Waals surface area contributed by atoms with Crippen LogP contribution in [0.1, 0.15) is 31.7 Å². The van der Waals surface area contributed by atoms with Gasteiger partial charge in [0, 0.05) is 6.04 Å². The first-order chi connectivity index (χ1) is 8.99. The Kier molecular flexibility index (Phi) is 5.77. The molecule has 0 bridgehead atoms. The fourth-order valence-electron chi connectivity index (χ4n) is 1.75. The SMILES string of the molecule is CCCC(CC(=O)O)Nc1ccc(C#N)c(Br)c1F. The van der Waals surface area contributed by atoms with Gasteiger partial charge in [-0.3, -0.25) is 4.79 Å². The van der Waals surface area contributed by atoms with E-state index < -0.39 is 11.8 Å². The van der Waals surface area contributed by atoms with Crippen molar-refractivity contribution in [2.24, 2.45) is 0 Å². The molecule has 0 amide bonds. The Morgan fingerprint density at radius 2 is 2.32 bits per heavy atom. The normalized spacial score (nSPS) is 11.7. The zero-order valence-corrected chi connectivity index (χ0v) is 12.0. The molecule has 0 radical (unpaired) electrons. The van der Waals surface area contributed by atoms with Gasteiger partial charge in [-0.05, 0) is 34.5 Å². The molecule has 0 aliphatic heterocycles. The predicted octanol–water partition coefficient (Wildman–Crippen LogP) is 3.52. The highest BCUT2D eigenvalue weighted by atomic mass is 79.9. The molecule has 0 aliphatic rings. The largest absolute Gasteiger partial charge is 0.481 e. The van der Waals surface area contributed by atoms with Gasteiger partial charge in [0.25, 0.3) is 0 Å². The molecule has 0 heterocycles. The average molecular weight is 329 g/mol. The minimum atomic E-state index is -0.931. The average Bonchev–Trinajstić information content (AvgIpc) is 2.35. The Hall–Kier alpha value is -1.61. The van der Waals surface area contributed by atoms with Crippen molar-refractivity contribution >= 4 is 27.6 Å². The first-order valence-electron chi connectivity index (χ1n) is 5.86. The van der Waals surface area contributed by atoms with Crippen molar-refractivity contribution in [1.82, 2.24) is 0 Å². The van der Waals surface area contributed by atoms with E-state index in [4.69, 9.17) is 10.4 Å². The fourth-order valence-corrected chi connectivity index (χ4v) is 2.19. The van der Waals surface area contributed by atoms with E-state index in [9.17, 15) is 9.18 Å². The van der Waals surface area contributed by atoms with Crippen LogP contribution in [0.2, 0.25) is 0 Å². The molecular weight excluding hydrogens is 315 g/mol. The Morgan fingerprint density at radius 3 is 2.84 bits per heavy atom. The van der Waals surface area contributed by atoms with Crippen molar-refractivity contribution in [1.29, 1.82) is 5.26 Å². The summed E-state index contributed by atoms with van der Waals surface area (Å²) in [4.78, 5) is 10.7. The molecule has 6 heteroatoms. The number of benzene rings is 1. The number of nitrogens with one attached hydrogen (secondary N) is 1. The summed E-state index contributed by atoms with van der Waals surface area (Å²) in [5.41, 5.74) is 0.402. The molecule has 102 valence electrons. The first-order valence-corrected chi connectivity index (χ1v) is 6.65. The lowest BCUT2D eigenvalue weighted by molar-refractivity contribution is -0.137. The summed E-state index contributed by atoms with van der Waals surface area (Å²) >= 11 is 3.02. The molecule has 1 rings (SSSR count). The second kappa shape index (κ2) is 7.10. The second-order valence-electron chi connectivity index (χ2n) is 4.13. The summed E-state index contributed by atoms with van der Waals surface area (Å²) in [5.74, 6) is -1.51. The first kappa shape index (κ1) is 15.4. The van der Waals surface area contributed by atoms with Crippen LogP contribution in [0.15, 0.2) is 16.6 Å². The van der Waals surface area contributed by atoms with Crippen LogP contribution in [0.25, 0.3) is 0 Å². The van der Waals surface area contributed by atoms with E-state index in [1.807, 2.05) is 13.0 Å². The van der Waals surface area contributed by atoms with Crippen LogP contribution in [-0.4, -0.2) is 17.1 Å². The molecule has 0 saturated heterocycles. The van der Waals surface area contributed by atoms with E-state index in [0.717, 1.165) is 6.42 Å².